The number of nitrogens with zero attached hydrogens (tertiary/aromatic N) is 3. The van der Waals surface area contributed by atoms with Crippen LogP contribution in [0, 0.1) is 0 Å². The average Bonchev–Trinajstić information content (AvgIpc) is 3.00. The number of hydrogen-bond acceptors (Lipinski definition) is 3. The standard InChI is InChI=1S/C15H25N3O2/c1-3-7-15(14(19)20)8-5-11-17(15)12-13-6-9-16-18(13)10-4-2/h6,9H,3-5,7-8,10-12H2,1-2H3,(H,19,20). The summed E-state index contributed by atoms with van der Waals surface area (Å²) in [6.45, 7) is 6.63. The van der Waals surface area contributed by atoms with Crippen LogP contribution in [-0.4, -0.2) is 37.8 Å². The van der Waals surface area contributed by atoms with Gasteiger partial charge < -0.3 is 5.11 Å². The molecule has 0 radical (unpaired) electrons. The zero-order chi connectivity index (χ0) is 14.6. The molecule has 0 aliphatic carbocycles. The van der Waals surface area contributed by atoms with Gasteiger partial charge in [-0.05, 0) is 38.3 Å². The number of carboxylic acid groups (broad SMARTS) is 1. The fourth-order valence-electron chi connectivity index (χ4n) is 3.31. The summed E-state index contributed by atoms with van der Waals surface area (Å²) < 4.78 is 2.00. The van der Waals surface area contributed by atoms with Crippen molar-refractivity contribution in [3.63, 3.8) is 0 Å². The molecule has 0 saturated carbocycles. The van der Waals surface area contributed by atoms with Crippen LogP contribution < -0.4 is 0 Å². The molecule has 1 unspecified atom stereocenters. The van der Waals surface area contributed by atoms with E-state index in [0.717, 1.165) is 50.9 Å². The highest BCUT2D eigenvalue weighted by Gasteiger charge is 2.46. The van der Waals surface area contributed by atoms with Crippen molar-refractivity contribution in [2.45, 2.75) is 64.6 Å². The van der Waals surface area contributed by atoms with Gasteiger partial charge in [0.2, 0.25) is 0 Å². The molecule has 2 rings (SSSR count). The van der Waals surface area contributed by atoms with Crippen LogP contribution in [0.1, 0.15) is 51.6 Å². The molecule has 112 valence electrons. The summed E-state index contributed by atoms with van der Waals surface area (Å²) in [7, 11) is 0. The van der Waals surface area contributed by atoms with Gasteiger partial charge in [0, 0.05) is 19.3 Å². The van der Waals surface area contributed by atoms with Crippen molar-refractivity contribution in [3.8, 4) is 0 Å². The van der Waals surface area contributed by atoms with E-state index in [0.29, 0.717) is 6.54 Å². The Hall–Kier alpha value is -1.36. The first-order chi connectivity index (χ1) is 9.64. The Kier molecular flexibility index (Phi) is 4.81. The topological polar surface area (TPSA) is 58.4 Å². The predicted octanol–water partition coefficient (Wildman–Crippen LogP) is 2.51. The predicted molar refractivity (Wildman–Crippen MR) is 77.4 cm³/mol. The van der Waals surface area contributed by atoms with Crippen LogP contribution in [-0.2, 0) is 17.9 Å². The Labute approximate surface area is 120 Å². The number of aliphatic carboxylic acids is 1. The van der Waals surface area contributed by atoms with Gasteiger partial charge in [-0.1, -0.05) is 20.3 Å². The monoisotopic (exact) mass is 279 g/mol. The SMILES string of the molecule is CCCn1nccc1CN1CCCC1(CCC)C(=O)O. The van der Waals surface area contributed by atoms with Crippen molar-refractivity contribution >= 4 is 5.97 Å². The third-order valence-corrected chi connectivity index (χ3v) is 4.28. The fourth-order valence-corrected chi connectivity index (χ4v) is 3.31. The van der Waals surface area contributed by atoms with Crippen LogP contribution in [0.15, 0.2) is 12.3 Å². The maximum Gasteiger partial charge on any atom is 0.324 e. The lowest BCUT2D eigenvalue weighted by atomic mass is 9.90. The van der Waals surface area contributed by atoms with E-state index < -0.39 is 11.5 Å². The van der Waals surface area contributed by atoms with E-state index >= 15 is 0 Å². The zero-order valence-corrected chi connectivity index (χ0v) is 12.5. The summed E-state index contributed by atoms with van der Waals surface area (Å²) in [6.07, 6.45) is 6.20. The highest BCUT2D eigenvalue weighted by Crippen LogP contribution is 2.35. The van der Waals surface area contributed by atoms with Gasteiger partial charge in [-0.3, -0.25) is 14.4 Å². The van der Waals surface area contributed by atoms with Crippen LogP contribution in [0.25, 0.3) is 0 Å². The molecule has 1 fully saturated rings. The lowest BCUT2D eigenvalue weighted by Gasteiger charge is -2.34. The zero-order valence-electron chi connectivity index (χ0n) is 12.5. The Morgan fingerprint density at radius 2 is 2.25 bits per heavy atom. The molecule has 2 heterocycles. The minimum atomic E-state index is -0.671. The van der Waals surface area contributed by atoms with Gasteiger partial charge in [-0.15, -0.1) is 0 Å². The van der Waals surface area contributed by atoms with Gasteiger partial charge in [0.15, 0.2) is 0 Å². The number of aryl methyl sites for hydroxylation is 1. The van der Waals surface area contributed by atoms with E-state index in [1.807, 2.05) is 16.9 Å². The van der Waals surface area contributed by atoms with Gasteiger partial charge in [0.25, 0.3) is 0 Å². The summed E-state index contributed by atoms with van der Waals surface area (Å²) in [5, 5.41) is 14.0. The summed E-state index contributed by atoms with van der Waals surface area (Å²) in [6, 6.07) is 2.01. The van der Waals surface area contributed by atoms with Gasteiger partial charge in [0.05, 0.1) is 5.69 Å². The van der Waals surface area contributed by atoms with Gasteiger partial charge >= 0.3 is 5.97 Å². The lowest BCUT2D eigenvalue weighted by Crippen LogP contribution is -2.50. The maximum absolute atomic E-state index is 11.8. The molecule has 1 aromatic heterocycles. The van der Waals surface area contributed by atoms with Gasteiger partial charge in [-0.25, -0.2) is 0 Å². The van der Waals surface area contributed by atoms with Gasteiger partial charge in [0.1, 0.15) is 5.54 Å². The number of aromatic nitrogens is 2. The van der Waals surface area contributed by atoms with Crippen LogP contribution >= 0.6 is 0 Å². The van der Waals surface area contributed by atoms with E-state index in [2.05, 4.69) is 23.8 Å². The molecule has 5 nitrogen and oxygen atoms in total. The fraction of sp³-hybridized carbons (Fsp3) is 0.733. The summed E-state index contributed by atoms with van der Waals surface area (Å²) >= 11 is 0. The number of carboxylic acids is 1. The number of carbonyl (C=O) groups is 1. The summed E-state index contributed by atoms with van der Waals surface area (Å²) in [5.41, 5.74) is 0.450. The Bertz CT molecular complexity index is 458. The Balaban J connectivity index is 2.18. The molecule has 1 aliphatic rings. The van der Waals surface area contributed by atoms with Gasteiger partial charge in [-0.2, -0.15) is 5.10 Å². The summed E-state index contributed by atoms with van der Waals surface area (Å²) in [5.74, 6) is -0.668. The van der Waals surface area contributed by atoms with Crippen molar-refractivity contribution in [1.29, 1.82) is 0 Å². The second-order valence-electron chi connectivity index (χ2n) is 5.66. The second kappa shape index (κ2) is 6.39. The third-order valence-electron chi connectivity index (χ3n) is 4.28. The van der Waals surface area contributed by atoms with Crippen LogP contribution in [0.3, 0.4) is 0 Å². The van der Waals surface area contributed by atoms with E-state index in [1.54, 1.807) is 0 Å². The van der Waals surface area contributed by atoms with Crippen molar-refractivity contribution in [1.82, 2.24) is 14.7 Å². The minimum absolute atomic E-state index is 0.668. The smallest absolute Gasteiger partial charge is 0.324 e. The number of hydrogen-bond donors (Lipinski definition) is 1. The molecule has 1 atom stereocenters. The van der Waals surface area contributed by atoms with E-state index in [-0.39, 0.29) is 0 Å². The van der Waals surface area contributed by atoms with E-state index in [1.165, 1.54) is 0 Å². The Morgan fingerprint density at radius 1 is 1.45 bits per heavy atom. The first-order valence-electron chi connectivity index (χ1n) is 7.63. The van der Waals surface area contributed by atoms with E-state index in [4.69, 9.17) is 0 Å². The molecule has 0 bridgehead atoms. The molecule has 1 N–H and O–H groups in total. The number of likely N-dealkylation sites (tertiary alicyclic amines) is 1. The molecular formula is C15H25N3O2. The first kappa shape index (κ1) is 15.0. The molecule has 1 aliphatic heterocycles. The molecule has 1 aromatic rings. The van der Waals surface area contributed by atoms with E-state index in [9.17, 15) is 9.90 Å². The minimum Gasteiger partial charge on any atom is -0.480 e. The molecule has 20 heavy (non-hydrogen) atoms. The van der Waals surface area contributed by atoms with Crippen LogP contribution in [0.4, 0.5) is 0 Å². The normalized spacial score (nSPS) is 23.3. The largest absolute Gasteiger partial charge is 0.480 e. The highest BCUT2D eigenvalue weighted by atomic mass is 16.4. The highest BCUT2D eigenvalue weighted by molar-refractivity contribution is 5.79. The second-order valence-corrected chi connectivity index (χ2v) is 5.66. The maximum atomic E-state index is 11.8. The molecule has 1 saturated heterocycles. The number of rotatable bonds is 7. The van der Waals surface area contributed by atoms with Crippen LogP contribution in [0.2, 0.25) is 0 Å². The lowest BCUT2D eigenvalue weighted by molar-refractivity contribution is -0.150. The molecule has 0 aromatic carbocycles. The van der Waals surface area contributed by atoms with Crippen molar-refractivity contribution < 1.29 is 9.90 Å². The Morgan fingerprint density at radius 3 is 2.90 bits per heavy atom. The molecular weight excluding hydrogens is 254 g/mol. The molecule has 0 spiro atoms. The third kappa shape index (κ3) is 2.73. The van der Waals surface area contributed by atoms with Crippen molar-refractivity contribution in [2.24, 2.45) is 0 Å². The van der Waals surface area contributed by atoms with Crippen molar-refractivity contribution in [3.05, 3.63) is 18.0 Å². The van der Waals surface area contributed by atoms with Crippen molar-refractivity contribution in [2.75, 3.05) is 6.54 Å². The molecule has 5 heteroatoms. The van der Waals surface area contributed by atoms with Crippen LogP contribution in [0.5, 0.6) is 0 Å². The quantitative estimate of drug-likeness (QED) is 0.833. The average molecular weight is 279 g/mol. The molecule has 0 amide bonds. The first-order valence-corrected chi connectivity index (χ1v) is 7.63. The summed E-state index contributed by atoms with van der Waals surface area (Å²) in [4.78, 5) is 13.9.